The molecule has 0 aliphatic carbocycles. The highest BCUT2D eigenvalue weighted by atomic mass is 16.4. The van der Waals surface area contributed by atoms with Gasteiger partial charge in [-0.3, -0.25) is 14.9 Å². The first kappa shape index (κ1) is 20.9. The standard InChI is InChI=1S/C16H32BN3O4/c1-11(2)8-13(18)14(21)20-12-9-16(15(22)23,19-10-12)6-4-5-7-17(3)24/h11-13,19,24H,4-10,18H2,1-3H3,(H,20,21)(H,22,23)/t12-,13+,16-/m1/s1. The second-order valence-electron chi connectivity index (χ2n) is 7.51. The Morgan fingerprint density at radius 1 is 1.42 bits per heavy atom. The van der Waals surface area contributed by atoms with E-state index >= 15 is 0 Å². The Bertz CT molecular complexity index is 434. The number of nitrogens with two attached hydrogens (primary N) is 1. The smallest absolute Gasteiger partial charge is 0.323 e. The average molecular weight is 341 g/mol. The normalized spacial score (nSPS) is 24.8. The lowest BCUT2D eigenvalue weighted by Gasteiger charge is -2.25. The van der Waals surface area contributed by atoms with E-state index in [0.717, 1.165) is 12.8 Å². The maximum atomic E-state index is 12.1. The molecule has 138 valence electrons. The number of hydrogen-bond acceptors (Lipinski definition) is 5. The zero-order chi connectivity index (χ0) is 18.3. The molecular formula is C16H32BN3O4. The number of carboxylic acid groups (broad SMARTS) is 1. The molecule has 1 fully saturated rings. The monoisotopic (exact) mass is 341 g/mol. The van der Waals surface area contributed by atoms with Crippen LogP contribution in [0.3, 0.4) is 0 Å². The second kappa shape index (κ2) is 9.39. The Balaban J connectivity index is 2.52. The molecule has 0 aromatic rings. The van der Waals surface area contributed by atoms with E-state index in [2.05, 4.69) is 10.6 Å². The van der Waals surface area contributed by atoms with E-state index in [4.69, 9.17) is 5.73 Å². The molecule has 1 aliphatic heterocycles. The molecule has 0 aromatic carbocycles. The summed E-state index contributed by atoms with van der Waals surface area (Å²) in [5.41, 5.74) is 4.88. The molecule has 0 spiro atoms. The van der Waals surface area contributed by atoms with Gasteiger partial charge in [0.1, 0.15) is 5.54 Å². The first-order chi connectivity index (χ1) is 11.2. The van der Waals surface area contributed by atoms with Crippen LogP contribution < -0.4 is 16.4 Å². The molecule has 1 amide bonds. The lowest BCUT2D eigenvalue weighted by atomic mass is 9.66. The largest absolute Gasteiger partial charge is 0.480 e. The molecule has 8 heteroatoms. The number of carboxylic acids is 1. The predicted molar refractivity (Wildman–Crippen MR) is 94.8 cm³/mol. The fraction of sp³-hybridized carbons (Fsp3) is 0.875. The number of rotatable bonds is 10. The molecule has 1 aliphatic rings. The third-order valence-corrected chi connectivity index (χ3v) is 4.58. The van der Waals surface area contributed by atoms with E-state index in [-0.39, 0.29) is 18.9 Å². The number of amides is 1. The summed E-state index contributed by atoms with van der Waals surface area (Å²) >= 11 is 0. The van der Waals surface area contributed by atoms with Crippen LogP contribution >= 0.6 is 0 Å². The molecule has 1 heterocycles. The molecular weight excluding hydrogens is 309 g/mol. The van der Waals surface area contributed by atoms with Crippen molar-refractivity contribution in [3.63, 3.8) is 0 Å². The second-order valence-corrected chi connectivity index (χ2v) is 7.51. The van der Waals surface area contributed by atoms with Crippen molar-refractivity contribution in [2.75, 3.05) is 6.54 Å². The number of hydrogen-bond donors (Lipinski definition) is 5. The number of carbonyl (C=O) groups excluding carboxylic acids is 1. The zero-order valence-electron chi connectivity index (χ0n) is 15.0. The van der Waals surface area contributed by atoms with Gasteiger partial charge in [0, 0.05) is 12.6 Å². The quantitative estimate of drug-likeness (QED) is 0.290. The van der Waals surface area contributed by atoms with Crippen molar-refractivity contribution in [2.24, 2.45) is 11.7 Å². The van der Waals surface area contributed by atoms with Crippen LogP contribution in [0.2, 0.25) is 13.1 Å². The van der Waals surface area contributed by atoms with Gasteiger partial charge in [0.05, 0.1) is 6.04 Å². The summed E-state index contributed by atoms with van der Waals surface area (Å²) in [6, 6.07) is -0.778. The minimum atomic E-state index is -1.00. The number of nitrogens with one attached hydrogen (secondary N) is 2. The molecule has 6 N–H and O–H groups in total. The molecule has 0 saturated carbocycles. The third kappa shape index (κ3) is 6.41. The summed E-state index contributed by atoms with van der Waals surface area (Å²) in [6.07, 6.45) is 3.62. The van der Waals surface area contributed by atoms with Gasteiger partial charge < -0.3 is 21.2 Å². The Labute approximate surface area is 144 Å². The van der Waals surface area contributed by atoms with Crippen molar-refractivity contribution in [3.8, 4) is 0 Å². The molecule has 0 aromatic heterocycles. The van der Waals surface area contributed by atoms with Crippen LogP contribution in [-0.2, 0) is 9.59 Å². The van der Waals surface area contributed by atoms with Gasteiger partial charge in [-0.05, 0) is 31.5 Å². The fourth-order valence-electron chi connectivity index (χ4n) is 3.24. The van der Waals surface area contributed by atoms with Gasteiger partial charge >= 0.3 is 5.97 Å². The van der Waals surface area contributed by atoms with Gasteiger partial charge in [0.25, 0.3) is 6.92 Å². The SMILES string of the molecule is CB(O)CCCC[C@]1(C(=O)O)C[C@@H](NC(=O)[C@@H](N)CC(C)C)CN1. The van der Waals surface area contributed by atoms with E-state index in [1.165, 1.54) is 0 Å². The van der Waals surface area contributed by atoms with E-state index < -0.39 is 17.6 Å². The van der Waals surface area contributed by atoms with E-state index in [1.807, 2.05) is 13.8 Å². The summed E-state index contributed by atoms with van der Waals surface area (Å²) in [5.74, 6) is -0.770. The molecule has 1 rings (SSSR count). The van der Waals surface area contributed by atoms with Crippen molar-refractivity contribution in [1.82, 2.24) is 10.6 Å². The van der Waals surface area contributed by atoms with Gasteiger partial charge in [-0.15, -0.1) is 0 Å². The van der Waals surface area contributed by atoms with E-state index in [1.54, 1.807) is 6.82 Å². The molecule has 24 heavy (non-hydrogen) atoms. The number of carbonyl (C=O) groups is 2. The highest BCUT2D eigenvalue weighted by Gasteiger charge is 2.45. The van der Waals surface area contributed by atoms with Crippen molar-refractivity contribution in [2.45, 2.75) is 76.7 Å². The number of aliphatic carboxylic acids is 1. The summed E-state index contributed by atoms with van der Waals surface area (Å²) in [4.78, 5) is 23.8. The first-order valence-electron chi connectivity index (χ1n) is 8.88. The molecule has 1 saturated heterocycles. The van der Waals surface area contributed by atoms with Crippen molar-refractivity contribution in [1.29, 1.82) is 0 Å². The fourth-order valence-corrected chi connectivity index (χ4v) is 3.24. The average Bonchev–Trinajstić information content (AvgIpc) is 2.87. The molecule has 7 nitrogen and oxygen atoms in total. The lowest BCUT2D eigenvalue weighted by Crippen LogP contribution is -2.48. The lowest BCUT2D eigenvalue weighted by molar-refractivity contribution is -0.144. The first-order valence-corrected chi connectivity index (χ1v) is 8.88. The Hall–Kier alpha value is -1.12. The van der Waals surface area contributed by atoms with Crippen molar-refractivity contribution < 1.29 is 19.7 Å². The summed E-state index contributed by atoms with van der Waals surface area (Å²) in [6.45, 7) is 5.81. The van der Waals surface area contributed by atoms with Crippen LogP contribution in [0.15, 0.2) is 0 Å². The minimum absolute atomic E-state index is 0.217. The van der Waals surface area contributed by atoms with Gasteiger partial charge in [0.15, 0.2) is 0 Å². The van der Waals surface area contributed by atoms with Crippen LogP contribution in [0.1, 0.15) is 46.0 Å². The highest BCUT2D eigenvalue weighted by molar-refractivity contribution is 6.48. The third-order valence-electron chi connectivity index (χ3n) is 4.58. The Morgan fingerprint density at radius 2 is 2.08 bits per heavy atom. The summed E-state index contributed by atoms with van der Waals surface area (Å²) in [5, 5.41) is 24.8. The van der Waals surface area contributed by atoms with Crippen LogP contribution in [-0.4, -0.2) is 53.1 Å². The van der Waals surface area contributed by atoms with Crippen molar-refractivity contribution >= 4 is 18.8 Å². The molecule has 0 bridgehead atoms. The maximum Gasteiger partial charge on any atom is 0.323 e. The Morgan fingerprint density at radius 3 is 2.62 bits per heavy atom. The summed E-state index contributed by atoms with van der Waals surface area (Å²) in [7, 11) is 0. The Kier molecular flexibility index (Phi) is 8.19. The van der Waals surface area contributed by atoms with Crippen LogP contribution in [0.25, 0.3) is 0 Å². The van der Waals surface area contributed by atoms with Gasteiger partial charge in [-0.2, -0.15) is 0 Å². The van der Waals surface area contributed by atoms with Crippen LogP contribution in [0.5, 0.6) is 0 Å². The van der Waals surface area contributed by atoms with Gasteiger partial charge in [0.2, 0.25) is 5.91 Å². The summed E-state index contributed by atoms with van der Waals surface area (Å²) < 4.78 is 0. The van der Waals surface area contributed by atoms with Crippen molar-refractivity contribution in [3.05, 3.63) is 0 Å². The van der Waals surface area contributed by atoms with Gasteiger partial charge in [-0.1, -0.05) is 33.5 Å². The van der Waals surface area contributed by atoms with E-state index in [9.17, 15) is 19.7 Å². The highest BCUT2D eigenvalue weighted by Crippen LogP contribution is 2.27. The molecule has 3 atom stereocenters. The number of unbranched alkanes of at least 4 members (excludes halogenated alkanes) is 1. The van der Waals surface area contributed by atoms with E-state index in [0.29, 0.717) is 38.0 Å². The molecule has 0 unspecified atom stereocenters. The van der Waals surface area contributed by atoms with Crippen LogP contribution in [0, 0.1) is 5.92 Å². The predicted octanol–water partition coefficient (Wildman–Crippen LogP) is 0.445. The zero-order valence-corrected chi connectivity index (χ0v) is 15.0. The molecule has 0 radical (unpaired) electrons. The van der Waals surface area contributed by atoms with Gasteiger partial charge in [-0.25, -0.2) is 0 Å². The topological polar surface area (TPSA) is 125 Å². The van der Waals surface area contributed by atoms with Crippen LogP contribution in [0.4, 0.5) is 0 Å². The minimum Gasteiger partial charge on any atom is -0.480 e. The maximum absolute atomic E-state index is 12.1.